The second-order valence-electron chi connectivity index (χ2n) is 7.66. The molecule has 0 unspecified atom stereocenters. The molecule has 0 radical (unpaired) electrons. The number of hydrogen-bond acceptors (Lipinski definition) is 2. The summed E-state index contributed by atoms with van der Waals surface area (Å²) < 4.78 is 4.12. The fraction of sp³-hybridized carbons (Fsp3) is 0.250. The summed E-state index contributed by atoms with van der Waals surface area (Å²) in [6, 6.07) is 15.8. The number of rotatable bonds is 5. The average Bonchev–Trinajstić information content (AvgIpc) is 3.13. The molecule has 0 aliphatic heterocycles. The molecule has 4 nitrogen and oxygen atoms in total. The van der Waals surface area contributed by atoms with Gasteiger partial charge in [0.05, 0.1) is 24.5 Å². The van der Waals surface area contributed by atoms with Crippen LogP contribution in [0.3, 0.4) is 0 Å². The van der Waals surface area contributed by atoms with Gasteiger partial charge in [-0.1, -0.05) is 47.5 Å². The molecule has 154 valence electrons. The van der Waals surface area contributed by atoms with Crippen LogP contribution >= 0.6 is 23.2 Å². The van der Waals surface area contributed by atoms with Crippen molar-refractivity contribution in [2.24, 2.45) is 0 Å². The van der Waals surface area contributed by atoms with Gasteiger partial charge in [0, 0.05) is 32.6 Å². The molecule has 2 heterocycles. The zero-order valence-corrected chi connectivity index (χ0v) is 19.1. The molecule has 0 fully saturated rings. The van der Waals surface area contributed by atoms with E-state index in [0.29, 0.717) is 13.1 Å². The largest absolute Gasteiger partial charge is 0.265 e. The van der Waals surface area contributed by atoms with Crippen LogP contribution in [-0.4, -0.2) is 19.6 Å². The Hall–Kier alpha value is -2.56. The molecule has 2 aromatic heterocycles. The summed E-state index contributed by atoms with van der Waals surface area (Å²) in [5.74, 6) is 0. The third-order valence-electron chi connectivity index (χ3n) is 5.50. The SMILES string of the molecule is Cc1nn(Cc2ccc(Cl)cc2)c(C)c1-c1c(C)nn(Cc2ccc(Cl)cc2)c1C. The van der Waals surface area contributed by atoms with Gasteiger partial charge in [-0.25, -0.2) is 0 Å². The minimum atomic E-state index is 0.709. The molecule has 0 atom stereocenters. The lowest BCUT2D eigenvalue weighted by Crippen LogP contribution is -2.04. The van der Waals surface area contributed by atoms with Crippen LogP contribution in [0, 0.1) is 27.7 Å². The number of halogens is 2. The first-order valence-electron chi connectivity index (χ1n) is 9.90. The molecular formula is C24H24Cl2N4. The summed E-state index contributed by atoms with van der Waals surface area (Å²) in [6.07, 6.45) is 0. The summed E-state index contributed by atoms with van der Waals surface area (Å²) in [5, 5.41) is 11.1. The minimum Gasteiger partial charge on any atom is -0.265 e. The van der Waals surface area contributed by atoms with Crippen molar-refractivity contribution in [1.82, 2.24) is 19.6 Å². The van der Waals surface area contributed by atoms with Gasteiger partial charge in [0.1, 0.15) is 0 Å². The predicted molar refractivity (Wildman–Crippen MR) is 124 cm³/mol. The van der Waals surface area contributed by atoms with Crippen LogP contribution in [0.5, 0.6) is 0 Å². The standard InChI is InChI=1S/C24H24Cl2N4/c1-15-23(17(3)29(27-15)13-19-5-9-21(25)10-6-19)24-16(2)28-30(18(24)4)14-20-7-11-22(26)12-8-20/h5-12H,13-14H2,1-4H3. The summed E-state index contributed by atoms with van der Waals surface area (Å²) in [6.45, 7) is 9.80. The number of aryl methyl sites for hydroxylation is 2. The molecule has 0 spiro atoms. The summed E-state index contributed by atoms with van der Waals surface area (Å²) in [4.78, 5) is 0. The third-order valence-corrected chi connectivity index (χ3v) is 6.01. The fourth-order valence-electron chi connectivity index (χ4n) is 3.95. The second-order valence-corrected chi connectivity index (χ2v) is 8.53. The lowest BCUT2D eigenvalue weighted by Gasteiger charge is -2.08. The van der Waals surface area contributed by atoms with E-state index < -0.39 is 0 Å². The zero-order valence-electron chi connectivity index (χ0n) is 17.6. The highest BCUT2D eigenvalue weighted by Gasteiger charge is 2.21. The molecule has 4 aromatic rings. The number of benzene rings is 2. The van der Waals surface area contributed by atoms with Crippen LogP contribution < -0.4 is 0 Å². The molecule has 6 heteroatoms. The number of nitrogens with zero attached hydrogens (tertiary/aromatic N) is 4. The first-order chi connectivity index (χ1) is 14.3. The normalized spacial score (nSPS) is 11.3. The van der Waals surface area contributed by atoms with Crippen molar-refractivity contribution in [1.29, 1.82) is 0 Å². The van der Waals surface area contributed by atoms with E-state index in [9.17, 15) is 0 Å². The van der Waals surface area contributed by atoms with Crippen LogP contribution in [0.4, 0.5) is 0 Å². The van der Waals surface area contributed by atoms with E-state index in [2.05, 4.69) is 37.1 Å². The highest BCUT2D eigenvalue weighted by molar-refractivity contribution is 6.30. The average molecular weight is 439 g/mol. The van der Waals surface area contributed by atoms with E-state index in [4.69, 9.17) is 33.4 Å². The zero-order chi connectivity index (χ0) is 21.4. The smallest absolute Gasteiger partial charge is 0.0676 e. The Balaban J connectivity index is 1.68. The highest BCUT2D eigenvalue weighted by atomic mass is 35.5. The quantitative estimate of drug-likeness (QED) is 0.362. The van der Waals surface area contributed by atoms with Crippen molar-refractivity contribution in [2.75, 3.05) is 0 Å². The van der Waals surface area contributed by atoms with Gasteiger partial charge in [-0.3, -0.25) is 9.36 Å². The van der Waals surface area contributed by atoms with Crippen molar-refractivity contribution >= 4 is 23.2 Å². The van der Waals surface area contributed by atoms with E-state index in [0.717, 1.165) is 32.8 Å². The molecule has 0 aliphatic rings. The maximum absolute atomic E-state index is 6.02. The van der Waals surface area contributed by atoms with E-state index in [-0.39, 0.29) is 0 Å². The molecule has 0 saturated heterocycles. The summed E-state index contributed by atoms with van der Waals surface area (Å²) >= 11 is 12.0. The Morgan fingerprint density at radius 2 is 0.933 bits per heavy atom. The molecule has 0 bridgehead atoms. The lowest BCUT2D eigenvalue weighted by molar-refractivity contribution is 0.658. The maximum atomic E-state index is 6.02. The van der Waals surface area contributed by atoms with Crippen LogP contribution in [0.15, 0.2) is 48.5 Å². The predicted octanol–water partition coefficient (Wildman–Crippen LogP) is 6.38. The molecule has 0 N–H and O–H groups in total. The van der Waals surface area contributed by atoms with Gasteiger partial charge >= 0.3 is 0 Å². The lowest BCUT2D eigenvalue weighted by atomic mass is 10.0. The molecule has 0 saturated carbocycles. The Morgan fingerprint density at radius 3 is 1.27 bits per heavy atom. The Labute approximate surface area is 187 Å². The van der Waals surface area contributed by atoms with Crippen molar-refractivity contribution in [3.05, 3.63) is 92.5 Å². The van der Waals surface area contributed by atoms with Gasteiger partial charge in [0.2, 0.25) is 0 Å². The molecule has 30 heavy (non-hydrogen) atoms. The molecule has 2 aromatic carbocycles. The topological polar surface area (TPSA) is 35.6 Å². The highest BCUT2D eigenvalue weighted by Crippen LogP contribution is 2.33. The molecule has 0 aliphatic carbocycles. The van der Waals surface area contributed by atoms with Crippen molar-refractivity contribution in [2.45, 2.75) is 40.8 Å². The minimum absolute atomic E-state index is 0.709. The fourth-order valence-corrected chi connectivity index (χ4v) is 4.20. The van der Waals surface area contributed by atoms with Gasteiger partial charge in [-0.15, -0.1) is 0 Å². The van der Waals surface area contributed by atoms with Gasteiger partial charge in [0.15, 0.2) is 0 Å². The Kier molecular flexibility index (Phi) is 5.72. The van der Waals surface area contributed by atoms with Gasteiger partial charge in [-0.05, 0) is 63.1 Å². The first kappa shape index (κ1) is 20.7. The van der Waals surface area contributed by atoms with Crippen LogP contribution in [0.25, 0.3) is 11.1 Å². The van der Waals surface area contributed by atoms with Crippen LogP contribution in [-0.2, 0) is 13.1 Å². The second kappa shape index (κ2) is 8.29. The van der Waals surface area contributed by atoms with Crippen molar-refractivity contribution in [3.63, 3.8) is 0 Å². The van der Waals surface area contributed by atoms with E-state index in [1.54, 1.807) is 0 Å². The van der Waals surface area contributed by atoms with E-state index >= 15 is 0 Å². The van der Waals surface area contributed by atoms with E-state index in [1.165, 1.54) is 22.3 Å². The molecular weight excluding hydrogens is 415 g/mol. The first-order valence-corrected chi connectivity index (χ1v) is 10.7. The summed E-state index contributed by atoms with van der Waals surface area (Å²) in [7, 11) is 0. The molecule has 0 amide bonds. The third kappa shape index (κ3) is 4.03. The van der Waals surface area contributed by atoms with E-state index in [1.807, 2.05) is 48.5 Å². The van der Waals surface area contributed by atoms with Crippen LogP contribution in [0.1, 0.15) is 33.9 Å². The maximum Gasteiger partial charge on any atom is 0.0676 e. The Bertz CT molecular complexity index is 1090. The Morgan fingerprint density at radius 1 is 0.600 bits per heavy atom. The summed E-state index contributed by atoms with van der Waals surface area (Å²) in [5.41, 5.74) is 8.98. The number of aromatic nitrogens is 4. The van der Waals surface area contributed by atoms with Gasteiger partial charge in [-0.2, -0.15) is 10.2 Å². The monoisotopic (exact) mass is 438 g/mol. The van der Waals surface area contributed by atoms with Crippen molar-refractivity contribution < 1.29 is 0 Å². The van der Waals surface area contributed by atoms with Gasteiger partial charge < -0.3 is 0 Å². The van der Waals surface area contributed by atoms with Crippen LogP contribution in [0.2, 0.25) is 10.0 Å². The number of hydrogen-bond donors (Lipinski definition) is 0. The van der Waals surface area contributed by atoms with Gasteiger partial charge in [0.25, 0.3) is 0 Å². The van der Waals surface area contributed by atoms with Crippen molar-refractivity contribution in [3.8, 4) is 11.1 Å². The molecule has 4 rings (SSSR count).